The van der Waals surface area contributed by atoms with Gasteiger partial charge >= 0.3 is 0 Å². The van der Waals surface area contributed by atoms with E-state index in [0.29, 0.717) is 30.9 Å². The first-order valence-corrected chi connectivity index (χ1v) is 8.01. The number of hydrogen-bond acceptors (Lipinski definition) is 4. The second-order valence-electron chi connectivity index (χ2n) is 5.80. The molecule has 1 fully saturated rings. The maximum Gasteiger partial charge on any atom is 0.289 e. The fourth-order valence-corrected chi connectivity index (χ4v) is 2.73. The SMILES string of the molecule is O=C1CCC(c2ccc(N(C(=O)S)C(=O)CC3CC3)cc2)=NN1. The van der Waals surface area contributed by atoms with Gasteiger partial charge in [0.05, 0.1) is 11.4 Å². The molecule has 1 aromatic rings. The summed E-state index contributed by atoms with van der Waals surface area (Å²) in [4.78, 5) is 36.2. The Hall–Kier alpha value is -2.15. The summed E-state index contributed by atoms with van der Waals surface area (Å²) in [5.41, 5.74) is 4.59. The molecule has 1 saturated carbocycles. The van der Waals surface area contributed by atoms with E-state index in [4.69, 9.17) is 0 Å². The van der Waals surface area contributed by atoms with Crippen molar-refractivity contribution in [3.05, 3.63) is 29.8 Å². The highest BCUT2D eigenvalue weighted by Gasteiger charge is 2.29. The average Bonchev–Trinajstić information content (AvgIpc) is 3.32. The number of thiol groups is 1. The Morgan fingerprint density at radius 3 is 2.43 bits per heavy atom. The monoisotopic (exact) mass is 331 g/mol. The minimum Gasteiger partial charge on any atom is -0.274 e. The smallest absolute Gasteiger partial charge is 0.274 e. The number of benzene rings is 1. The van der Waals surface area contributed by atoms with E-state index >= 15 is 0 Å². The third-order valence-electron chi connectivity index (χ3n) is 3.96. The van der Waals surface area contributed by atoms with E-state index < -0.39 is 5.24 Å². The Balaban J connectivity index is 1.77. The van der Waals surface area contributed by atoms with Gasteiger partial charge in [0, 0.05) is 19.3 Å². The van der Waals surface area contributed by atoms with Crippen LogP contribution in [0.3, 0.4) is 0 Å². The quantitative estimate of drug-likeness (QED) is 0.832. The molecule has 0 atom stereocenters. The van der Waals surface area contributed by atoms with Crippen LogP contribution < -0.4 is 10.3 Å². The first-order chi connectivity index (χ1) is 11.0. The van der Waals surface area contributed by atoms with E-state index in [2.05, 4.69) is 23.2 Å². The Labute approximate surface area is 139 Å². The minimum atomic E-state index is -0.578. The summed E-state index contributed by atoms with van der Waals surface area (Å²) in [6.45, 7) is 0. The van der Waals surface area contributed by atoms with E-state index in [9.17, 15) is 14.4 Å². The van der Waals surface area contributed by atoms with E-state index in [0.717, 1.165) is 29.0 Å². The Morgan fingerprint density at radius 2 is 1.91 bits per heavy atom. The largest absolute Gasteiger partial charge is 0.289 e. The van der Waals surface area contributed by atoms with Gasteiger partial charge in [-0.3, -0.25) is 14.4 Å². The molecule has 2 aliphatic rings. The Bertz CT molecular complexity index is 680. The number of carbonyl (C=O) groups is 3. The predicted octanol–water partition coefficient (Wildman–Crippen LogP) is 2.48. The van der Waals surface area contributed by atoms with Gasteiger partial charge in [0.1, 0.15) is 0 Å². The van der Waals surface area contributed by atoms with Crippen LogP contribution in [-0.2, 0) is 9.59 Å². The number of anilines is 1. The first-order valence-electron chi connectivity index (χ1n) is 7.56. The number of hydrogen-bond donors (Lipinski definition) is 2. The van der Waals surface area contributed by atoms with Gasteiger partial charge in [-0.1, -0.05) is 24.8 Å². The summed E-state index contributed by atoms with van der Waals surface area (Å²) < 4.78 is 0. The van der Waals surface area contributed by atoms with Crippen molar-refractivity contribution in [1.82, 2.24) is 5.43 Å². The highest BCUT2D eigenvalue weighted by Crippen LogP contribution is 2.33. The van der Waals surface area contributed by atoms with E-state index in [1.807, 2.05) is 0 Å². The molecular formula is C16H17N3O3S. The van der Waals surface area contributed by atoms with Crippen molar-refractivity contribution in [2.45, 2.75) is 32.1 Å². The molecule has 6 nitrogen and oxygen atoms in total. The summed E-state index contributed by atoms with van der Waals surface area (Å²) in [6.07, 6.45) is 3.45. The number of rotatable bonds is 4. The second-order valence-corrected chi connectivity index (χ2v) is 6.18. The molecule has 1 N–H and O–H groups in total. The van der Waals surface area contributed by atoms with Crippen molar-refractivity contribution in [1.29, 1.82) is 0 Å². The molecule has 3 rings (SSSR count). The van der Waals surface area contributed by atoms with Crippen LogP contribution in [-0.4, -0.2) is 22.8 Å². The van der Waals surface area contributed by atoms with Gasteiger partial charge in [-0.05, 0) is 36.5 Å². The molecule has 1 aromatic carbocycles. The normalized spacial score (nSPS) is 17.3. The van der Waals surface area contributed by atoms with Crippen molar-refractivity contribution in [2.24, 2.45) is 11.0 Å². The van der Waals surface area contributed by atoms with Crippen LogP contribution in [0.1, 0.15) is 37.7 Å². The number of nitrogens with one attached hydrogen (secondary N) is 1. The molecule has 0 unspecified atom stereocenters. The summed E-state index contributed by atoms with van der Waals surface area (Å²) in [7, 11) is 0. The molecule has 120 valence electrons. The number of imide groups is 1. The topological polar surface area (TPSA) is 78.8 Å². The number of nitrogens with zero attached hydrogens (tertiary/aromatic N) is 2. The molecule has 0 radical (unpaired) electrons. The average molecular weight is 331 g/mol. The molecule has 0 saturated heterocycles. The molecular weight excluding hydrogens is 314 g/mol. The summed E-state index contributed by atoms with van der Waals surface area (Å²) in [6, 6.07) is 6.99. The molecule has 1 aliphatic carbocycles. The Morgan fingerprint density at radius 1 is 1.22 bits per heavy atom. The second kappa shape index (κ2) is 6.54. The molecule has 0 aromatic heterocycles. The Kier molecular flexibility index (Phi) is 4.47. The fraction of sp³-hybridized carbons (Fsp3) is 0.375. The number of carbonyl (C=O) groups excluding carboxylic acids is 3. The van der Waals surface area contributed by atoms with Crippen LogP contribution in [0.2, 0.25) is 0 Å². The van der Waals surface area contributed by atoms with Gasteiger partial charge in [0.25, 0.3) is 5.24 Å². The van der Waals surface area contributed by atoms with Gasteiger partial charge in [-0.25, -0.2) is 10.3 Å². The zero-order valence-corrected chi connectivity index (χ0v) is 13.4. The lowest BCUT2D eigenvalue weighted by atomic mass is 10.0. The van der Waals surface area contributed by atoms with Crippen LogP contribution in [0.4, 0.5) is 10.5 Å². The highest BCUT2D eigenvalue weighted by atomic mass is 32.1. The molecule has 3 amide bonds. The van der Waals surface area contributed by atoms with Crippen LogP contribution in [0.15, 0.2) is 29.4 Å². The third-order valence-corrected chi connectivity index (χ3v) is 4.16. The molecule has 1 aliphatic heterocycles. The lowest BCUT2D eigenvalue weighted by molar-refractivity contribution is -0.121. The number of hydrazone groups is 1. The van der Waals surface area contributed by atoms with Crippen LogP contribution >= 0.6 is 12.6 Å². The maximum absolute atomic E-state index is 12.2. The standard InChI is InChI=1S/C16H17N3O3S/c20-14-8-7-13(17-18-14)11-3-5-12(6-4-11)19(16(22)23)15(21)9-10-1-2-10/h3-6,10H,1-2,7-9H2,(H,18,20)(H,22,23). The summed E-state index contributed by atoms with van der Waals surface area (Å²) in [5.74, 6) is 0.0857. The van der Waals surface area contributed by atoms with Crippen LogP contribution in [0.5, 0.6) is 0 Å². The number of amides is 3. The van der Waals surface area contributed by atoms with Gasteiger partial charge < -0.3 is 0 Å². The van der Waals surface area contributed by atoms with Gasteiger partial charge in [-0.2, -0.15) is 5.10 Å². The van der Waals surface area contributed by atoms with Gasteiger partial charge in [0.15, 0.2) is 0 Å². The van der Waals surface area contributed by atoms with Crippen molar-refractivity contribution >= 4 is 41.1 Å². The predicted molar refractivity (Wildman–Crippen MR) is 89.6 cm³/mol. The molecule has 0 spiro atoms. The van der Waals surface area contributed by atoms with E-state index in [-0.39, 0.29) is 11.8 Å². The fourth-order valence-electron chi connectivity index (χ4n) is 2.51. The van der Waals surface area contributed by atoms with Crippen molar-refractivity contribution in [2.75, 3.05) is 4.90 Å². The van der Waals surface area contributed by atoms with Crippen LogP contribution in [0, 0.1) is 5.92 Å². The minimum absolute atomic E-state index is 0.0945. The van der Waals surface area contributed by atoms with E-state index in [1.54, 1.807) is 24.3 Å². The first kappa shape index (κ1) is 15.7. The van der Waals surface area contributed by atoms with Crippen molar-refractivity contribution in [3.8, 4) is 0 Å². The zero-order chi connectivity index (χ0) is 16.4. The maximum atomic E-state index is 12.2. The highest BCUT2D eigenvalue weighted by molar-refractivity contribution is 7.97. The van der Waals surface area contributed by atoms with Gasteiger partial charge in [-0.15, -0.1) is 0 Å². The lowest BCUT2D eigenvalue weighted by Gasteiger charge is -2.19. The summed E-state index contributed by atoms with van der Waals surface area (Å²) >= 11 is 3.82. The molecule has 1 heterocycles. The molecule has 23 heavy (non-hydrogen) atoms. The molecule has 7 heteroatoms. The van der Waals surface area contributed by atoms with Crippen molar-refractivity contribution < 1.29 is 14.4 Å². The zero-order valence-electron chi connectivity index (χ0n) is 12.5. The van der Waals surface area contributed by atoms with Gasteiger partial charge in [0.2, 0.25) is 11.8 Å². The lowest BCUT2D eigenvalue weighted by Crippen LogP contribution is -2.33. The van der Waals surface area contributed by atoms with Crippen molar-refractivity contribution in [3.63, 3.8) is 0 Å². The summed E-state index contributed by atoms with van der Waals surface area (Å²) in [5, 5.41) is 3.45. The van der Waals surface area contributed by atoms with E-state index in [1.165, 1.54) is 0 Å². The third kappa shape index (κ3) is 3.79. The van der Waals surface area contributed by atoms with Crippen LogP contribution in [0.25, 0.3) is 0 Å². The molecule has 0 bridgehead atoms.